The Morgan fingerprint density at radius 3 is 2.39 bits per heavy atom. The molecule has 3 rings (SSSR count). The monoisotopic (exact) mass is 336 g/mol. The molecule has 1 heterocycles. The highest BCUT2D eigenvalue weighted by Crippen LogP contribution is 2.24. The van der Waals surface area contributed by atoms with Gasteiger partial charge in [-0.05, 0) is 36.4 Å². The van der Waals surface area contributed by atoms with Gasteiger partial charge in [-0.1, -0.05) is 17.7 Å². The van der Waals surface area contributed by atoms with Crippen molar-refractivity contribution in [3.05, 3.63) is 64.7 Å². The highest BCUT2D eigenvalue weighted by atomic mass is 35.5. The van der Waals surface area contributed by atoms with Crippen molar-refractivity contribution in [1.29, 1.82) is 0 Å². The molecule has 1 amide bonds. The third kappa shape index (κ3) is 3.45. The summed E-state index contributed by atoms with van der Waals surface area (Å²) >= 11 is 5.81. The quantitative estimate of drug-likeness (QED) is 0.837. The molecule has 1 aliphatic heterocycles. The Morgan fingerprint density at radius 1 is 1.00 bits per heavy atom. The van der Waals surface area contributed by atoms with Crippen LogP contribution in [-0.2, 0) is 0 Å². The molecule has 0 aromatic heterocycles. The number of rotatable bonds is 2. The fourth-order valence-corrected chi connectivity index (χ4v) is 2.83. The second kappa shape index (κ2) is 6.54. The molecule has 0 spiro atoms. The fraction of sp³-hybridized carbons (Fsp3) is 0.235. The molecule has 0 radical (unpaired) electrons. The van der Waals surface area contributed by atoms with E-state index in [9.17, 15) is 13.6 Å². The summed E-state index contributed by atoms with van der Waals surface area (Å²) in [5.74, 6) is -1.05. The number of hydrogen-bond acceptors (Lipinski definition) is 2. The molecule has 1 saturated heterocycles. The first-order chi connectivity index (χ1) is 11.0. The van der Waals surface area contributed by atoms with E-state index in [0.29, 0.717) is 31.7 Å². The van der Waals surface area contributed by atoms with Gasteiger partial charge in [0.25, 0.3) is 5.91 Å². The zero-order valence-electron chi connectivity index (χ0n) is 12.3. The van der Waals surface area contributed by atoms with Gasteiger partial charge in [-0.25, -0.2) is 8.78 Å². The summed E-state index contributed by atoms with van der Waals surface area (Å²) in [5, 5.41) is 0.0840. The van der Waals surface area contributed by atoms with E-state index in [1.165, 1.54) is 24.3 Å². The first-order valence-electron chi connectivity index (χ1n) is 7.29. The number of benzene rings is 2. The summed E-state index contributed by atoms with van der Waals surface area (Å²) in [6.45, 7) is 2.26. The number of anilines is 1. The van der Waals surface area contributed by atoms with Crippen molar-refractivity contribution in [3.63, 3.8) is 0 Å². The molecule has 0 atom stereocenters. The van der Waals surface area contributed by atoms with Crippen LogP contribution in [0.2, 0.25) is 5.02 Å². The smallest absolute Gasteiger partial charge is 0.254 e. The highest BCUT2D eigenvalue weighted by Gasteiger charge is 2.22. The second-order valence-electron chi connectivity index (χ2n) is 5.39. The van der Waals surface area contributed by atoms with Crippen LogP contribution in [0, 0.1) is 11.6 Å². The third-order valence-corrected chi connectivity index (χ3v) is 4.20. The molecule has 0 bridgehead atoms. The van der Waals surface area contributed by atoms with Crippen molar-refractivity contribution >= 4 is 23.2 Å². The number of nitrogens with zero attached hydrogens (tertiary/aromatic N) is 2. The van der Waals surface area contributed by atoms with Crippen molar-refractivity contribution in [2.24, 2.45) is 0 Å². The SMILES string of the molecule is O=C(c1cccc(F)c1)N1CCN(c2ccc(F)c(Cl)c2)CC1. The van der Waals surface area contributed by atoms with Crippen LogP contribution < -0.4 is 4.90 Å². The van der Waals surface area contributed by atoms with E-state index >= 15 is 0 Å². The molecule has 120 valence electrons. The lowest BCUT2D eigenvalue weighted by molar-refractivity contribution is 0.0746. The van der Waals surface area contributed by atoms with Gasteiger partial charge in [-0.15, -0.1) is 0 Å². The highest BCUT2D eigenvalue weighted by molar-refractivity contribution is 6.31. The molecule has 0 N–H and O–H groups in total. The summed E-state index contributed by atoms with van der Waals surface area (Å²) in [5.41, 5.74) is 1.18. The number of piperazine rings is 1. The molecule has 0 saturated carbocycles. The van der Waals surface area contributed by atoms with Crippen molar-refractivity contribution in [1.82, 2.24) is 4.90 Å². The third-order valence-electron chi connectivity index (χ3n) is 3.91. The van der Waals surface area contributed by atoms with Gasteiger partial charge in [0.05, 0.1) is 5.02 Å². The molecule has 3 nitrogen and oxygen atoms in total. The number of carbonyl (C=O) groups excluding carboxylic acids is 1. The summed E-state index contributed by atoms with van der Waals surface area (Å²) < 4.78 is 26.4. The number of halogens is 3. The van der Waals surface area contributed by atoms with E-state index in [-0.39, 0.29) is 10.9 Å². The maximum atomic E-state index is 13.2. The number of amides is 1. The Morgan fingerprint density at radius 2 is 1.74 bits per heavy atom. The maximum absolute atomic E-state index is 13.2. The Bertz CT molecular complexity index is 730. The van der Waals surface area contributed by atoms with Crippen LogP contribution in [-0.4, -0.2) is 37.0 Å². The molecule has 6 heteroatoms. The fourth-order valence-electron chi connectivity index (χ4n) is 2.65. The molecule has 23 heavy (non-hydrogen) atoms. The van der Waals surface area contributed by atoms with E-state index in [1.807, 2.05) is 4.90 Å². The minimum atomic E-state index is -0.449. The van der Waals surface area contributed by atoms with Gasteiger partial charge in [0, 0.05) is 37.4 Å². The van der Waals surface area contributed by atoms with Crippen molar-refractivity contribution in [2.75, 3.05) is 31.1 Å². The summed E-state index contributed by atoms with van der Waals surface area (Å²) in [6, 6.07) is 10.3. The first kappa shape index (κ1) is 15.7. The zero-order valence-corrected chi connectivity index (χ0v) is 13.1. The van der Waals surface area contributed by atoms with Gasteiger partial charge in [0.2, 0.25) is 0 Å². The van der Waals surface area contributed by atoms with Gasteiger partial charge in [-0.3, -0.25) is 4.79 Å². The van der Waals surface area contributed by atoms with E-state index in [0.717, 1.165) is 5.69 Å². The lowest BCUT2D eigenvalue weighted by Gasteiger charge is -2.36. The topological polar surface area (TPSA) is 23.6 Å². The van der Waals surface area contributed by atoms with Gasteiger partial charge >= 0.3 is 0 Å². The van der Waals surface area contributed by atoms with E-state index in [4.69, 9.17) is 11.6 Å². The predicted molar refractivity (Wildman–Crippen MR) is 85.9 cm³/mol. The molecular formula is C17H15ClF2N2O. The lowest BCUT2D eigenvalue weighted by atomic mass is 10.1. The van der Waals surface area contributed by atoms with Gasteiger partial charge in [0.15, 0.2) is 0 Å². The summed E-state index contributed by atoms with van der Waals surface area (Å²) in [7, 11) is 0. The van der Waals surface area contributed by atoms with Gasteiger partial charge in [0.1, 0.15) is 11.6 Å². The van der Waals surface area contributed by atoms with Crippen LogP contribution in [0.3, 0.4) is 0 Å². The Labute approximate surface area is 138 Å². The Kier molecular flexibility index (Phi) is 4.48. The molecular weight excluding hydrogens is 322 g/mol. The molecule has 0 aliphatic carbocycles. The average Bonchev–Trinajstić information content (AvgIpc) is 2.57. The van der Waals surface area contributed by atoms with Gasteiger partial charge < -0.3 is 9.80 Å². The van der Waals surface area contributed by atoms with Crippen molar-refractivity contribution in [2.45, 2.75) is 0 Å². The van der Waals surface area contributed by atoms with Crippen molar-refractivity contribution in [3.8, 4) is 0 Å². The van der Waals surface area contributed by atoms with Crippen LogP contribution in [0.25, 0.3) is 0 Å². The molecule has 1 fully saturated rings. The molecule has 2 aromatic rings. The second-order valence-corrected chi connectivity index (χ2v) is 5.80. The normalized spacial score (nSPS) is 14.9. The first-order valence-corrected chi connectivity index (χ1v) is 7.67. The Hall–Kier alpha value is -2.14. The van der Waals surface area contributed by atoms with Crippen LogP contribution in [0.1, 0.15) is 10.4 Å². The number of hydrogen-bond donors (Lipinski definition) is 0. The minimum Gasteiger partial charge on any atom is -0.368 e. The van der Waals surface area contributed by atoms with E-state index in [2.05, 4.69) is 0 Å². The summed E-state index contributed by atoms with van der Waals surface area (Å²) in [4.78, 5) is 16.1. The predicted octanol–water partition coefficient (Wildman–Crippen LogP) is 3.58. The van der Waals surface area contributed by atoms with Crippen LogP contribution in [0.5, 0.6) is 0 Å². The van der Waals surface area contributed by atoms with Crippen molar-refractivity contribution < 1.29 is 13.6 Å². The molecule has 0 unspecified atom stereocenters. The summed E-state index contributed by atoms with van der Waals surface area (Å²) in [6.07, 6.45) is 0. The average molecular weight is 337 g/mol. The maximum Gasteiger partial charge on any atom is 0.254 e. The van der Waals surface area contributed by atoms with E-state index < -0.39 is 11.6 Å². The van der Waals surface area contributed by atoms with E-state index in [1.54, 1.807) is 23.1 Å². The largest absolute Gasteiger partial charge is 0.368 e. The minimum absolute atomic E-state index is 0.0840. The number of carbonyl (C=O) groups is 1. The Balaban J connectivity index is 1.66. The molecule has 2 aromatic carbocycles. The van der Waals surface area contributed by atoms with Crippen LogP contribution >= 0.6 is 11.6 Å². The molecule has 1 aliphatic rings. The van der Waals surface area contributed by atoms with Crippen LogP contribution in [0.4, 0.5) is 14.5 Å². The van der Waals surface area contributed by atoms with Gasteiger partial charge in [-0.2, -0.15) is 0 Å². The zero-order chi connectivity index (χ0) is 16.4. The lowest BCUT2D eigenvalue weighted by Crippen LogP contribution is -2.48. The van der Waals surface area contributed by atoms with Crippen LogP contribution in [0.15, 0.2) is 42.5 Å². The standard InChI is InChI=1S/C17H15ClF2N2O/c18-15-11-14(4-5-16(15)20)21-6-8-22(9-7-21)17(23)12-2-1-3-13(19)10-12/h1-5,10-11H,6-9H2.